The smallest absolute Gasteiger partial charge is 0.339 e. The molecule has 0 fully saturated rings. The maximum Gasteiger partial charge on any atom is 0.339 e. The van der Waals surface area contributed by atoms with Gasteiger partial charge >= 0.3 is 5.97 Å². The fraction of sp³-hybridized carbons (Fsp3) is 0.429. The van der Waals surface area contributed by atoms with Gasteiger partial charge in [-0.1, -0.05) is 18.5 Å². The molecule has 0 aliphatic rings. The van der Waals surface area contributed by atoms with Crippen LogP contribution in [0.1, 0.15) is 37.6 Å². The highest BCUT2D eigenvalue weighted by atomic mass is 35.5. The highest BCUT2D eigenvalue weighted by Crippen LogP contribution is 2.21. The fourth-order valence-corrected chi connectivity index (χ4v) is 2.02. The van der Waals surface area contributed by atoms with E-state index in [-0.39, 0.29) is 5.54 Å². The summed E-state index contributed by atoms with van der Waals surface area (Å²) in [4.78, 5) is 11.6. The van der Waals surface area contributed by atoms with Gasteiger partial charge in [0.15, 0.2) is 5.11 Å². The first-order chi connectivity index (χ1) is 9.29. The molecule has 0 heterocycles. The van der Waals surface area contributed by atoms with Crippen molar-refractivity contribution in [3.8, 4) is 0 Å². The molecule has 0 saturated heterocycles. The standard InChI is InChI=1S/C14H19ClN2O2S/c1-5-14(2,3)17-13(20)16-9-6-7-11(15)10(8-9)12(18)19-4/h6-8H,5H2,1-4H3,(H2,16,17,20). The largest absolute Gasteiger partial charge is 0.465 e. The molecule has 0 spiro atoms. The number of esters is 1. The number of hydrogen-bond donors (Lipinski definition) is 2. The van der Waals surface area contributed by atoms with Crippen LogP contribution in [0.15, 0.2) is 18.2 Å². The predicted octanol–water partition coefficient (Wildman–Crippen LogP) is 3.60. The summed E-state index contributed by atoms with van der Waals surface area (Å²) in [6.07, 6.45) is 0.933. The first-order valence-electron chi connectivity index (χ1n) is 6.26. The Kier molecular flexibility index (Phi) is 5.77. The van der Waals surface area contributed by atoms with Gasteiger partial charge in [-0.3, -0.25) is 0 Å². The SMILES string of the molecule is CCC(C)(C)NC(=S)Nc1ccc(Cl)c(C(=O)OC)c1. The van der Waals surface area contributed by atoms with Gasteiger partial charge in [-0.05, 0) is 50.7 Å². The number of carbonyl (C=O) groups excluding carboxylic acids is 1. The number of anilines is 1. The van der Waals surface area contributed by atoms with E-state index in [1.807, 2.05) is 0 Å². The second-order valence-electron chi connectivity index (χ2n) is 5.00. The topological polar surface area (TPSA) is 50.4 Å². The average Bonchev–Trinajstić information content (AvgIpc) is 2.39. The van der Waals surface area contributed by atoms with Crippen LogP contribution in [-0.2, 0) is 4.74 Å². The van der Waals surface area contributed by atoms with Gasteiger partial charge in [-0.2, -0.15) is 0 Å². The molecule has 4 nitrogen and oxygen atoms in total. The highest BCUT2D eigenvalue weighted by Gasteiger charge is 2.16. The van der Waals surface area contributed by atoms with Gasteiger partial charge in [0.2, 0.25) is 0 Å². The molecule has 6 heteroatoms. The van der Waals surface area contributed by atoms with E-state index in [0.29, 0.717) is 21.4 Å². The molecule has 1 aromatic carbocycles. The molecule has 1 aromatic rings. The lowest BCUT2D eigenvalue weighted by Gasteiger charge is -2.26. The van der Waals surface area contributed by atoms with E-state index in [2.05, 4.69) is 36.1 Å². The zero-order valence-electron chi connectivity index (χ0n) is 12.0. The summed E-state index contributed by atoms with van der Waals surface area (Å²) >= 11 is 11.2. The summed E-state index contributed by atoms with van der Waals surface area (Å²) in [6.45, 7) is 6.19. The molecule has 20 heavy (non-hydrogen) atoms. The zero-order chi connectivity index (χ0) is 15.3. The zero-order valence-corrected chi connectivity index (χ0v) is 13.6. The van der Waals surface area contributed by atoms with E-state index in [0.717, 1.165) is 6.42 Å². The minimum Gasteiger partial charge on any atom is -0.465 e. The Labute approximate surface area is 129 Å². The first kappa shape index (κ1) is 16.7. The van der Waals surface area contributed by atoms with E-state index >= 15 is 0 Å². The number of benzene rings is 1. The molecule has 0 saturated carbocycles. The van der Waals surface area contributed by atoms with Gasteiger partial charge in [0.25, 0.3) is 0 Å². The number of nitrogens with one attached hydrogen (secondary N) is 2. The second-order valence-corrected chi connectivity index (χ2v) is 5.82. The molecule has 0 amide bonds. The molecule has 2 N–H and O–H groups in total. The monoisotopic (exact) mass is 314 g/mol. The number of thiocarbonyl (C=S) groups is 1. The molecule has 1 rings (SSSR count). The Morgan fingerprint density at radius 2 is 2.10 bits per heavy atom. The number of halogens is 1. The van der Waals surface area contributed by atoms with Crippen LogP contribution in [0.2, 0.25) is 5.02 Å². The van der Waals surface area contributed by atoms with Crippen molar-refractivity contribution in [2.45, 2.75) is 32.7 Å². The van der Waals surface area contributed by atoms with Crippen molar-refractivity contribution in [1.29, 1.82) is 0 Å². The van der Waals surface area contributed by atoms with Gasteiger partial charge in [0, 0.05) is 11.2 Å². The Balaban J connectivity index is 2.84. The van der Waals surface area contributed by atoms with E-state index < -0.39 is 5.97 Å². The Hall–Kier alpha value is -1.33. The molecule has 0 aromatic heterocycles. The van der Waals surface area contributed by atoms with E-state index in [1.54, 1.807) is 18.2 Å². The maximum atomic E-state index is 11.6. The molecular weight excluding hydrogens is 296 g/mol. The van der Waals surface area contributed by atoms with Crippen molar-refractivity contribution in [2.75, 3.05) is 12.4 Å². The summed E-state index contributed by atoms with van der Waals surface area (Å²) < 4.78 is 4.68. The summed E-state index contributed by atoms with van der Waals surface area (Å²) in [5.74, 6) is -0.480. The van der Waals surface area contributed by atoms with Gasteiger partial charge in [-0.25, -0.2) is 4.79 Å². The van der Waals surface area contributed by atoms with Crippen LogP contribution >= 0.6 is 23.8 Å². The maximum absolute atomic E-state index is 11.6. The van der Waals surface area contributed by atoms with Crippen molar-refractivity contribution in [3.05, 3.63) is 28.8 Å². The molecule has 0 atom stereocenters. The Morgan fingerprint density at radius 3 is 2.65 bits per heavy atom. The van der Waals surface area contributed by atoms with Crippen molar-refractivity contribution in [2.24, 2.45) is 0 Å². The summed E-state index contributed by atoms with van der Waals surface area (Å²) in [5.41, 5.74) is 0.887. The molecule has 0 aliphatic heterocycles. The molecular formula is C14H19ClN2O2S. The number of hydrogen-bond acceptors (Lipinski definition) is 3. The third-order valence-electron chi connectivity index (χ3n) is 2.97. The molecule has 0 bridgehead atoms. The minimum absolute atomic E-state index is 0.0955. The van der Waals surface area contributed by atoms with Crippen LogP contribution in [0, 0.1) is 0 Å². The number of carbonyl (C=O) groups is 1. The van der Waals surface area contributed by atoms with Gasteiger partial charge in [-0.15, -0.1) is 0 Å². The lowest BCUT2D eigenvalue weighted by atomic mass is 10.0. The number of ether oxygens (including phenoxy) is 1. The second kappa shape index (κ2) is 6.90. The van der Waals surface area contributed by atoms with Crippen LogP contribution in [-0.4, -0.2) is 23.7 Å². The Bertz CT molecular complexity index is 518. The third-order valence-corrected chi connectivity index (χ3v) is 3.50. The van der Waals surface area contributed by atoms with Crippen molar-refractivity contribution < 1.29 is 9.53 Å². The van der Waals surface area contributed by atoms with Gasteiger partial charge < -0.3 is 15.4 Å². The van der Waals surface area contributed by atoms with Crippen LogP contribution in [0.25, 0.3) is 0 Å². The molecule has 0 radical (unpaired) electrons. The predicted molar refractivity (Wildman–Crippen MR) is 86.5 cm³/mol. The quantitative estimate of drug-likeness (QED) is 0.657. The van der Waals surface area contributed by atoms with E-state index in [4.69, 9.17) is 23.8 Å². The lowest BCUT2D eigenvalue weighted by Crippen LogP contribution is -2.44. The first-order valence-corrected chi connectivity index (χ1v) is 7.04. The van der Waals surface area contributed by atoms with Crippen LogP contribution in [0.4, 0.5) is 5.69 Å². The minimum atomic E-state index is -0.480. The Morgan fingerprint density at radius 1 is 1.45 bits per heavy atom. The van der Waals surface area contributed by atoms with Crippen molar-refractivity contribution in [1.82, 2.24) is 5.32 Å². The van der Waals surface area contributed by atoms with Gasteiger partial charge in [0.05, 0.1) is 17.7 Å². The lowest BCUT2D eigenvalue weighted by molar-refractivity contribution is 0.0601. The van der Waals surface area contributed by atoms with Crippen LogP contribution in [0.5, 0.6) is 0 Å². The average molecular weight is 315 g/mol. The number of methoxy groups -OCH3 is 1. The highest BCUT2D eigenvalue weighted by molar-refractivity contribution is 7.80. The number of rotatable bonds is 4. The van der Waals surface area contributed by atoms with Crippen molar-refractivity contribution >= 4 is 40.6 Å². The summed E-state index contributed by atoms with van der Waals surface area (Å²) in [5, 5.41) is 7.07. The summed E-state index contributed by atoms with van der Waals surface area (Å²) in [7, 11) is 1.31. The summed E-state index contributed by atoms with van der Waals surface area (Å²) in [6, 6.07) is 4.99. The van der Waals surface area contributed by atoms with E-state index in [1.165, 1.54) is 7.11 Å². The van der Waals surface area contributed by atoms with Crippen LogP contribution in [0.3, 0.4) is 0 Å². The molecule has 110 valence electrons. The van der Waals surface area contributed by atoms with E-state index in [9.17, 15) is 4.79 Å². The fourth-order valence-electron chi connectivity index (χ4n) is 1.43. The molecule has 0 aliphatic carbocycles. The van der Waals surface area contributed by atoms with Crippen molar-refractivity contribution in [3.63, 3.8) is 0 Å². The normalized spacial score (nSPS) is 10.8. The molecule has 0 unspecified atom stereocenters. The van der Waals surface area contributed by atoms with Crippen LogP contribution < -0.4 is 10.6 Å². The van der Waals surface area contributed by atoms with Gasteiger partial charge in [0.1, 0.15) is 0 Å². The third kappa shape index (κ3) is 4.65.